The van der Waals surface area contributed by atoms with Crippen LogP contribution < -0.4 is 10.1 Å². The summed E-state index contributed by atoms with van der Waals surface area (Å²) in [6.45, 7) is 2.50. The SMILES string of the molecule is CCCNc1ccc(S(=O)(=O)NN(C)C)cc1[N+](=O)[O-]. The fourth-order valence-electron chi connectivity index (χ4n) is 1.53. The number of benzene rings is 1. The van der Waals surface area contributed by atoms with Crippen LogP contribution in [0.15, 0.2) is 23.1 Å². The molecule has 0 spiro atoms. The number of nitro groups is 1. The summed E-state index contributed by atoms with van der Waals surface area (Å²) in [6, 6.07) is 3.78. The largest absolute Gasteiger partial charge is 0.380 e. The average molecular weight is 302 g/mol. The molecule has 0 aromatic heterocycles. The van der Waals surface area contributed by atoms with Gasteiger partial charge in [-0.25, -0.2) is 13.4 Å². The van der Waals surface area contributed by atoms with Crippen molar-refractivity contribution in [3.63, 3.8) is 0 Å². The maximum atomic E-state index is 11.9. The lowest BCUT2D eigenvalue weighted by atomic mass is 10.2. The quantitative estimate of drug-likeness (QED) is 0.578. The van der Waals surface area contributed by atoms with Gasteiger partial charge in [0.2, 0.25) is 0 Å². The van der Waals surface area contributed by atoms with Gasteiger partial charge in [-0.15, -0.1) is 4.83 Å². The van der Waals surface area contributed by atoms with Crippen molar-refractivity contribution in [3.8, 4) is 0 Å². The van der Waals surface area contributed by atoms with Gasteiger partial charge in [-0.1, -0.05) is 6.92 Å². The Balaban J connectivity index is 3.19. The molecule has 0 aliphatic heterocycles. The number of nitrogens with one attached hydrogen (secondary N) is 2. The van der Waals surface area contributed by atoms with Crippen LogP contribution in [0.4, 0.5) is 11.4 Å². The molecular weight excluding hydrogens is 284 g/mol. The number of anilines is 1. The standard InChI is InChI=1S/C11H18N4O4S/c1-4-7-12-10-6-5-9(8-11(10)15(16)17)20(18,19)13-14(2)3/h5-6,8,12-13H,4,7H2,1-3H3. The molecule has 0 saturated heterocycles. The fraction of sp³-hybridized carbons (Fsp3) is 0.455. The summed E-state index contributed by atoms with van der Waals surface area (Å²) in [5, 5.41) is 15.2. The van der Waals surface area contributed by atoms with Crippen LogP contribution in [-0.4, -0.2) is 39.0 Å². The molecule has 0 saturated carbocycles. The molecule has 0 unspecified atom stereocenters. The number of rotatable bonds is 7. The molecule has 0 amide bonds. The number of hydrogen-bond donors (Lipinski definition) is 2. The van der Waals surface area contributed by atoms with E-state index in [4.69, 9.17) is 0 Å². The molecule has 0 fully saturated rings. The van der Waals surface area contributed by atoms with Gasteiger partial charge in [0, 0.05) is 26.7 Å². The van der Waals surface area contributed by atoms with E-state index in [0.29, 0.717) is 12.2 Å². The number of sulfonamides is 1. The lowest BCUT2D eigenvalue weighted by molar-refractivity contribution is -0.384. The Labute approximate surface area is 117 Å². The highest BCUT2D eigenvalue weighted by molar-refractivity contribution is 7.89. The number of hydrogen-bond acceptors (Lipinski definition) is 6. The molecule has 9 heteroatoms. The highest BCUT2D eigenvalue weighted by Gasteiger charge is 2.21. The molecule has 1 aromatic rings. The van der Waals surface area contributed by atoms with Crippen molar-refractivity contribution in [2.24, 2.45) is 0 Å². The fourth-order valence-corrected chi connectivity index (χ4v) is 2.63. The average Bonchev–Trinajstić information content (AvgIpc) is 2.34. The first-order valence-electron chi connectivity index (χ1n) is 6.00. The van der Waals surface area contributed by atoms with Gasteiger partial charge in [0.05, 0.1) is 9.82 Å². The molecule has 112 valence electrons. The van der Waals surface area contributed by atoms with Gasteiger partial charge in [0.15, 0.2) is 0 Å². The van der Waals surface area contributed by atoms with E-state index in [1.54, 1.807) is 0 Å². The second-order valence-electron chi connectivity index (χ2n) is 4.35. The van der Waals surface area contributed by atoms with Gasteiger partial charge in [-0.05, 0) is 18.6 Å². The molecule has 20 heavy (non-hydrogen) atoms. The Kier molecular flexibility index (Phi) is 5.43. The molecule has 0 bridgehead atoms. The van der Waals surface area contributed by atoms with Crippen molar-refractivity contribution in [2.45, 2.75) is 18.2 Å². The first-order chi connectivity index (χ1) is 9.27. The third-order valence-corrected chi connectivity index (χ3v) is 3.82. The normalized spacial score (nSPS) is 11.6. The van der Waals surface area contributed by atoms with Crippen molar-refractivity contribution in [2.75, 3.05) is 26.0 Å². The van der Waals surface area contributed by atoms with E-state index in [-0.39, 0.29) is 10.6 Å². The molecule has 0 atom stereocenters. The number of nitrogens with zero attached hydrogens (tertiary/aromatic N) is 2. The zero-order valence-electron chi connectivity index (χ0n) is 11.6. The van der Waals surface area contributed by atoms with Crippen LogP contribution in [0.5, 0.6) is 0 Å². The van der Waals surface area contributed by atoms with Crippen LogP contribution >= 0.6 is 0 Å². The zero-order chi connectivity index (χ0) is 15.3. The molecule has 8 nitrogen and oxygen atoms in total. The van der Waals surface area contributed by atoms with Crippen molar-refractivity contribution >= 4 is 21.4 Å². The van der Waals surface area contributed by atoms with E-state index in [2.05, 4.69) is 10.1 Å². The summed E-state index contributed by atoms with van der Waals surface area (Å²) in [7, 11) is -0.775. The van der Waals surface area contributed by atoms with Crippen molar-refractivity contribution in [1.82, 2.24) is 9.84 Å². The van der Waals surface area contributed by atoms with Gasteiger partial charge >= 0.3 is 0 Å². The first kappa shape index (κ1) is 16.3. The van der Waals surface area contributed by atoms with Gasteiger partial charge in [-0.2, -0.15) is 0 Å². The van der Waals surface area contributed by atoms with Crippen LogP contribution in [0, 0.1) is 10.1 Å². The summed E-state index contributed by atoms with van der Waals surface area (Å²) in [5.41, 5.74) is 0.0423. The van der Waals surface area contributed by atoms with E-state index in [0.717, 1.165) is 12.5 Å². The van der Waals surface area contributed by atoms with E-state index in [9.17, 15) is 18.5 Å². The lowest BCUT2D eigenvalue weighted by Crippen LogP contribution is -2.36. The summed E-state index contributed by atoms with van der Waals surface area (Å²) < 4.78 is 23.9. The van der Waals surface area contributed by atoms with Gasteiger partial charge in [0.25, 0.3) is 15.7 Å². The van der Waals surface area contributed by atoms with Crippen molar-refractivity contribution in [3.05, 3.63) is 28.3 Å². The molecule has 0 radical (unpaired) electrons. The summed E-state index contributed by atoms with van der Waals surface area (Å²) >= 11 is 0. The summed E-state index contributed by atoms with van der Waals surface area (Å²) in [4.78, 5) is 12.5. The summed E-state index contributed by atoms with van der Waals surface area (Å²) in [5.74, 6) is 0. The highest BCUT2D eigenvalue weighted by Crippen LogP contribution is 2.27. The monoisotopic (exact) mass is 302 g/mol. The molecular formula is C11H18N4O4S. The van der Waals surface area contributed by atoms with E-state index in [1.807, 2.05) is 6.92 Å². The van der Waals surface area contributed by atoms with Gasteiger partial charge in [0.1, 0.15) is 5.69 Å². The van der Waals surface area contributed by atoms with Crippen LogP contribution in [0.2, 0.25) is 0 Å². The Morgan fingerprint density at radius 1 is 1.35 bits per heavy atom. The number of hydrazine groups is 1. The molecule has 0 heterocycles. The molecule has 2 N–H and O–H groups in total. The second kappa shape index (κ2) is 6.64. The maximum absolute atomic E-state index is 11.9. The summed E-state index contributed by atoms with van der Waals surface area (Å²) in [6.07, 6.45) is 0.805. The van der Waals surface area contributed by atoms with Crippen LogP contribution in [0.3, 0.4) is 0 Å². The highest BCUT2D eigenvalue weighted by atomic mass is 32.2. The predicted molar refractivity (Wildman–Crippen MR) is 75.9 cm³/mol. The second-order valence-corrected chi connectivity index (χ2v) is 6.01. The van der Waals surface area contributed by atoms with Crippen LogP contribution in [0.25, 0.3) is 0 Å². The van der Waals surface area contributed by atoms with Crippen LogP contribution in [0.1, 0.15) is 13.3 Å². The first-order valence-corrected chi connectivity index (χ1v) is 7.48. The number of nitro benzene ring substituents is 1. The van der Waals surface area contributed by atoms with E-state index < -0.39 is 14.9 Å². The minimum absolute atomic E-state index is 0.153. The Bertz CT molecular complexity index is 586. The van der Waals surface area contributed by atoms with Gasteiger partial charge in [-0.3, -0.25) is 10.1 Å². The molecule has 0 aliphatic rings. The van der Waals surface area contributed by atoms with Crippen LogP contribution in [-0.2, 0) is 10.0 Å². The topological polar surface area (TPSA) is 105 Å². The van der Waals surface area contributed by atoms with Crippen molar-refractivity contribution < 1.29 is 13.3 Å². The molecule has 1 aromatic carbocycles. The Morgan fingerprint density at radius 3 is 2.50 bits per heavy atom. The minimum atomic E-state index is -3.81. The third-order valence-electron chi connectivity index (χ3n) is 2.34. The minimum Gasteiger partial charge on any atom is -0.380 e. The molecule has 0 aliphatic carbocycles. The smallest absolute Gasteiger partial charge is 0.293 e. The lowest BCUT2D eigenvalue weighted by Gasteiger charge is -2.13. The van der Waals surface area contributed by atoms with Crippen molar-refractivity contribution in [1.29, 1.82) is 0 Å². The third kappa shape index (κ3) is 4.15. The Hall–Kier alpha value is -1.71. The Morgan fingerprint density at radius 2 is 2.00 bits per heavy atom. The maximum Gasteiger partial charge on any atom is 0.293 e. The van der Waals surface area contributed by atoms with E-state index >= 15 is 0 Å². The van der Waals surface area contributed by atoms with E-state index in [1.165, 1.54) is 31.2 Å². The molecule has 1 rings (SSSR count). The van der Waals surface area contributed by atoms with Gasteiger partial charge < -0.3 is 5.32 Å². The zero-order valence-corrected chi connectivity index (χ0v) is 12.4. The predicted octanol–water partition coefficient (Wildman–Crippen LogP) is 1.17.